The van der Waals surface area contributed by atoms with Gasteiger partial charge in [-0.2, -0.15) is 26.3 Å². The van der Waals surface area contributed by atoms with Crippen molar-refractivity contribution in [3.8, 4) is 67.8 Å². The maximum absolute atomic E-state index is 14.8. The van der Waals surface area contributed by atoms with E-state index in [2.05, 4.69) is 28.8 Å². The Morgan fingerprint density at radius 1 is 0.300 bits per heavy atom. The van der Waals surface area contributed by atoms with E-state index in [1.165, 1.54) is 12.1 Å². The number of rotatable bonds is 7. The first-order valence-corrected chi connectivity index (χ1v) is 22.4. The quantitative estimate of drug-likeness (QED) is 0.150. The van der Waals surface area contributed by atoms with E-state index in [-0.39, 0.29) is 17.0 Å². The van der Waals surface area contributed by atoms with Gasteiger partial charge in [0, 0.05) is 55.0 Å². The Bertz CT molecular complexity index is 3830. The van der Waals surface area contributed by atoms with Crippen molar-refractivity contribution >= 4 is 43.6 Å². The summed E-state index contributed by atoms with van der Waals surface area (Å²) in [7, 11) is 0. The van der Waals surface area contributed by atoms with Crippen LogP contribution in [-0.2, 0) is 12.4 Å². The zero-order valence-electron chi connectivity index (χ0n) is 36.7. The third-order valence-electron chi connectivity index (χ3n) is 12.8. The average molecular weight is 928 g/mol. The van der Waals surface area contributed by atoms with E-state index in [4.69, 9.17) is 15.0 Å². The molecule has 0 N–H and O–H groups in total. The molecule has 12 rings (SSSR count). The van der Waals surface area contributed by atoms with Gasteiger partial charge in [-0.25, -0.2) is 15.0 Å². The first-order valence-electron chi connectivity index (χ1n) is 22.4. The third kappa shape index (κ3) is 7.34. The summed E-state index contributed by atoms with van der Waals surface area (Å²) in [4.78, 5) is 14.8. The molecule has 338 valence electrons. The molecule has 0 aliphatic carbocycles. The van der Waals surface area contributed by atoms with Crippen LogP contribution in [0.25, 0.3) is 111 Å². The zero-order valence-corrected chi connectivity index (χ0v) is 36.7. The first kappa shape index (κ1) is 42.5. The van der Waals surface area contributed by atoms with Crippen LogP contribution < -0.4 is 0 Å². The van der Waals surface area contributed by atoms with E-state index < -0.39 is 23.5 Å². The molecule has 12 aromatic rings. The van der Waals surface area contributed by atoms with Crippen molar-refractivity contribution in [3.63, 3.8) is 0 Å². The van der Waals surface area contributed by atoms with E-state index in [0.29, 0.717) is 56.2 Å². The second-order valence-corrected chi connectivity index (χ2v) is 17.0. The van der Waals surface area contributed by atoms with Crippen molar-refractivity contribution < 1.29 is 26.3 Å². The van der Waals surface area contributed by atoms with Crippen LogP contribution in [0.15, 0.2) is 212 Å². The fourth-order valence-corrected chi connectivity index (χ4v) is 9.64. The highest BCUT2D eigenvalue weighted by molar-refractivity contribution is 6.19. The Hall–Kier alpha value is -8.83. The summed E-state index contributed by atoms with van der Waals surface area (Å²) >= 11 is 0. The minimum atomic E-state index is -4.72. The van der Waals surface area contributed by atoms with Crippen LogP contribution in [0.4, 0.5) is 26.3 Å². The molecule has 0 bridgehead atoms. The summed E-state index contributed by atoms with van der Waals surface area (Å²) in [6.45, 7) is 0. The van der Waals surface area contributed by atoms with E-state index in [1.807, 2.05) is 132 Å². The molecule has 70 heavy (non-hydrogen) atoms. The van der Waals surface area contributed by atoms with Gasteiger partial charge >= 0.3 is 12.4 Å². The highest BCUT2D eigenvalue weighted by Crippen LogP contribution is 2.47. The Kier molecular flexibility index (Phi) is 9.99. The van der Waals surface area contributed by atoms with E-state index in [1.54, 1.807) is 24.3 Å². The van der Waals surface area contributed by atoms with Crippen LogP contribution in [0.3, 0.4) is 0 Å². The number of hydrogen-bond acceptors (Lipinski definition) is 3. The summed E-state index contributed by atoms with van der Waals surface area (Å²) in [5.41, 5.74) is 5.32. The summed E-state index contributed by atoms with van der Waals surface area (Å²) in [6.07, 6.45) is -9.44. The van der Waals surface area contributed by atoms with Crippen molar-refractivity contribution in [3.05, 3.63) is 223 Å². The summed E-state index contributed by atoms with van der Waals surface area (Å²) < 4.78 is 93.0. The summed E-state index contributed by atoms with van der Waals surface area (Å²) in [5.74, 6) is 0.821. The van der Waals surface area contributed by atoms with Crippen molar-refractivity contribution in [1.29, 1.82) is 0 Å². The Morgan fingerprint density at radius 2 is 0.700 bits per heavy atom. The van der Waals surface area contributed by atoms with Gasteiger partial charge in [0.25, 0.3) is 0 Å². The minimum absolute atomic E-state index is 0.164. The molecule has 0 aliphatic heterocycles. The number of alkyl halides is 6. The smallest absolute Gasteiger partial charge is 0.309 e. The molecular weight excluding hydrogens is 893 g/mol. The van der Waals surface area contributed by atoms with Crippen LogP contribution in [0, 0.1) is 0 Å². The highest BCUT2D eigenvalue weighted by atomic mass is 19.4. The number of benzene rings is 9. The molecule has 0 fully saturated rings. The molecule has 0 atom stereocenters. The van der Waals surface area contributed by atoms with Crippen LogP contribution in [-0.4, -0.2) is 24.1 Å². The summed E-state index contributed by atoms with van der Waals surface area (Å²) in [5, 5.41) is 3.66. The van der Waals surface area contributed by atoms with Gasteiger partial charge in [0.1, 0.15) is 0 Å². The number of nitrogens with zero attached hydrogens (tertiary/aromatic N) is 5. The van der Waals surface area contributed by atoms with Gasteiger partial charge in [0.2, 0.25) is 0 Å². The van der Waals surface area contributed by atoms with E-state index in [9.17, 15) is 26.3 Å². The normalized spacial score (nSPS) is 12.1. The lowest BCUT2D eigenvalue weighted by molar-refractivity contribution is -0.138. The molecule has 0 radical (unpaired) electrons. The first-order chi connectivity index (χ1) is 34.0. The Morgan fingerprint density at radius 3 is 1.19 bits per heavy atom. The molecule has 0 saturated carbocycles. The average Bonchev–Trinajstić information content (AvgIpc) is 3.89. The van der Waals surface area contributed by atoms with Gasteiger partial charge in [-0.3, -0.25) is 0 Å². The third-order valence-corrected chi connectivity index (χ3v) is 12.8. The topological polar surface area (TPSA) is 48.5 Å². The van der Waals surface area contributed by atoms with Gasteiger partial charge in [-0.15, -0.1) is 0 Å². The summed E-state index contributed by atoms with van der Waals surface area (Å²) in [6, 6.07) is 62.0. The maximum Gasteiger partial charge on any atom is 0.416 e. The Balaban J connectivity index is 1.25. The molecule has 0 saturated heterocycles. The molecule has 3 aromatic heterocycles. The highest BCUT2D eigenvalue weighted by Gasteiger charge is 2.33. The molecule has 0 aliphatic rings. The molecule has 11 heteroatoms. The second-order valence-electron chi connectivity index (χ2n) is 17.0. The fraction of sp³-hybridized carbons (Fsp3) is 0.0339. The van der Waals surface area contributed by atoms with Crippen molar-refractivity contribution in [1.82, 2.24) is 24.1 Å². The number of hydrogen-bond donors (Lipinski definition) is 0. The van der Waals surface area contributed by atoms with Crippen molar-refractivity contribution in [2.75, 3.05) is 0 Å². The van der Waals surface area contributed by atoms with Crippen LogP contribution in [0.5, 0.6) is 0 Å². The molecule has 0 unspecified atom stereocenters. The van der Waals surface area contributed by atoms with Gasteiger partial charge in [-0.1, -0.05) is 140 Å². The number of fused-ring (bicyclic) bond motifs is 6. The fourth-order valence-electron chi connectivity index (χ4n) is 9.64. The Labute approximate surface area is 396 Å². The molecule has 0 amide bonds. The van der Waals surface area contributed by atoms with Crippen molar-refractivity contribution in [2.45, 2.75) is 12.4 Å². The lowest BCUT2D eigenvalue weighted by Crippen LogP contribution is -2.07. The minimum Gasteiger partial charge on any atom is -0.309 e. The lowest BCUT2D eigenvalue weighted by atomic mass is 9.91. The maximum atomic E-state index is 14.8. The predicted molar refractivity (Wildman–Crippen MR) is 266 cm³/mol. The standard InChI is InChI=1S/C59H35F6N5/c60-58(61,62)41-22-14-20-38(30-41)46-32-40(57-67-55(36-16-4-1-5-17-36)66-56(68-57)37-18-6-2-7-19-37)33-47(39-21-15-23-42(31-39)59(63,64)65)54(46)70-51-29-13-11-27-45(51)49-34-48-44-26-10-12-28-50(44)69(52(48)35-53(49)70)43-24-8-3-9-25-43/h1-35H. The molecule has 5 nitrogen and oxygen atoms in total. The van der Waals surface area contributed by atoms with Crippen molar-refractivity contribution in [2.24, 2.45) is 0 Å². The molecule has 0 spiro atoms. The second kappa shape index (κ2) is 16.4. The number of para-hydroxylation sites is 3. The molecule has 3 heterocycles. The predicted octanol–water partition coefficient (Wildman–Crippen LogP) is 16.4. The molecule has 9 aromatic carbocycles. The van der Waals surface area contributed by atoms with Gasteiger partial charge in [0.05, 0.1) is 38.9 Å². The van der Waals surface area contributed by atoms with E-state index >= 15 is 0 Å². The monoisotopic (exact) mass is 927 g/mol. The SMILES string of the molecule is FC(F)(F)c1cccc(-c2cc(-c3nc(-c4ccccc4)nc(-c4ccccc4)n3)cc(-c3cccc(C(F)(F)F)c3)c2-n2c3ccccc3c3cc4c5ccccc5n(-c5ccccc5)c4cc32)c1. The number of aromatic nitrogens is 5. The largest absolute Gasteiger partial charge is 0.416 e. The van der Waals surface area contributed by atoms with E-state index in [0.717, 1.165) is 62.5 Å². The van der Waals surface area contributed by atoms with Crippen LogP contribution in [0.2, 0.25) is 0 Å². The zero-order chi connectivity index (χ0) is 47.7. The lowest BCUT2D eigenvalue weighted by Gasteiger charge is -2.22. The van der Waals surface area contributed by atoms with Gasteiger partial charge < -0.3 is 9.13 Å². The number of halogens is 6. The molecular formula is C59H35F6N5. The van der Waals surface area contributed by atoms with Crippen LogP contribution in [0.1, 0.15) is 11.1 Å². The van der Waals surface area contributed by atoms with Gasteiger partial charge in [0.15, 0.2) is 17.5 Å². The van der Waals surface area contributed by atoms with Gasteiger partial charge in [-0.05, 0) is 83.9 Å². The van der Waals surface area contributed by atoms with Crippen LogP contribution >= 0.6 is 0 Å².